The maximum Gasteiger partial charge on any atom is 0.0775 e. The standard InChI is InChI=1S/C28H34Si2/c1-29(2,3)27-19-15-25(16-20-27)13-11-23-7-9-24(10-8-23)12-14-26-17-21-28(22-18-26)30(4,5)6/h7-22H,1-6H3/b13-11+,14-12+. The second kappa shape index (κ2) is 9.15. The van der Waals surface area contributed by atoms with Crippen molar-refractivity contribution in [1.82, 2.24) is 0 Å². The van der Waals surface area contributed by atoms with Gasteiger partial charge in [-0.2, -0.15) is 0 Å². The molecule has 0 nitrogen and oxygen atoms in total. The van der Waals surface area contributed by atoms with Crippen molar-refractivity contribution < 1.29 is 0 Å². The Morgan fingerprint density at radius 3 is 0.767 bits per heavy atom. The summed E-state index contributed by atoms with van der Waals surface area (Å²) in [5.41, 5.74) is 4.95. The van der Waals surface area contributed by atoms with Crippen LogP contribution in [0.5, 0.6) is 0 Å². The van der Waals surface area contributed by atoms with E-state index in [4.69, 9.17) is 0 Å². The number of hydrogen-bond acceptors (Lipinski definition) is 0. The molecule has 3 aromatic carbocycles. The van der Waals surface area contributed by atoms with Gasteiger partial charge in [0.1, 0.15) is 0 Å². The van der Waals surface area contributed by atoms with E-state index in [0.717, 1.165) is 0 Å². The summed E-state index contributed by atoms with van der Waals surface area (Å²) in [6.07, 6.45) is 8.76. The monoisotopic (exact) mass is 426 g/mol. The summed E-state index contributed by atoms with van der Waals surface area (Å²) in [6.45, 7) is 14.3. The van der Waals surface area contributed by atoms with Gasteiger partial charge in [0, 0.05) is 0 Å². The van der Waals surface area contributed by atoms with Gasteiger partial charge in [-0.15, -0.1) is 0 Å². The van der Waals surface area contributed by atoms with Crippen LogP contribution in [0.2, 0.25) is 39.3 Å². The Balaban J connectivity index is 1.63. The van der Waals surface area contributed by atoms with Crippen molar-refractivity contribution in [3.8, 4) is 0 Å². The van der Waals surface area contributed by atoms with Crippen molar-refractivity contribution in [3.63, 3.8) is 0 Å². The van der Waals surface area contributed by atoms with Gasteiger partial charge in [0.25, 0.3) is 0 Å². The Hall–Kier alpha value is -2.43. The molecular formula is C28H34Si2. The molecule has 0 N–H and O–H groups in total. The fourth-order valence-electron chi connectivity index (χ4n) is 3.29. The van der Waals surface area contributed by atoms with E-state index >= 15 is 0 Å². The summed E-state index contributed by atoms with van der Waals surface area (Å²) < 4.78 is 0. The molecule has 0 bridgehead atoms. The van der Waals surface area contributed by atoms with Crippen LogP contribution in [0.4, 0.5) is 0 Å². The van der Waals surface area contributed by atoms with Crippen LogP contribution in [0, 0.1) is 0 Å². The molecule has 0 aliphatic carbocycles. The lowest BCUT2D eigenvalue weighted by Gasteiger charge is -2.16. The molecule has 0 atom stereocenters. The quantitative estimate of drug-likeness (QED) is 0.291. The first-order valence-electron chi connectivity index (χ1n) is 10.8. The molecule has 0 fully saturated rings. The van der Waals surface area contributed by atoms with E-state index in [1.54, 1.807) is 0 Å². The number of hydrogen-bond donors (Lipinski definition) is 0. The van der Waals surface area contributed by atoms with Gasteiger partial charge in [-0.05, 0) is 22.3 Å². The van der Waals surface area contributed by atoms with Crippen molar-refractivity contribution >= 4 is 50.8 Å². The second-order valence-corrected chi connectivity index (χ2v) is 20.2. The molecule has 3 rings (SSSR count). The van der Waals surface area contributed by atoms with Crippen LogP contribution in [0.25, 0.3) is 24.3 Å². The van der Waals surface area contributed by atoms with Crippen molar-refractivity contribution in [1.29, 1.82) is 0 Å². The molecule has 0 aliphatic heterocycles. The zero-order valence-electron chi connectivity index (χ0n) is 19.2. The fourth-order valence-corrected chi connectivity index (χ4v) is 5.62. The lowest BCUT2D eigenvalue weighted by Crippen LogP contribution is -2.37. The fraction of sp³-hybridized carbons (Fsp3) is 0.214. The molecule has 0 unspecified atom stereocenters. The maximum atomic E-state index is 2.39. The third-order valence-electron chi connectivity index (χ3n) is 5.43. The molecule has 2 heteroatoms. The summed E-state index contributed by atoms with van der Waals surface area (Å²) in [6, 6.07) is 26.8. The first kappa shape index (κ1) is 22.3. The Bertz CT molecular complexity index is 922. The van der Waals surface area contributed by atoms with Crippen LogP contribution in [0.15, 0.2) is 72.8 Å². The Kier molecular flexibility index (Phi) is 6.79. The first-order valence-corrected chi connectivity index (χ1v) is 17.8. The van der Waals surface area contributed by atoms with Crippen molar-refractivity contribution in [2.45, 2.75) is 39.3 Å². The minimum Gasteiger partial charge on any atom is -0.0656 e. The lowest BCUT2D eigenvalue weighted by atomic mass is 10.1. The van der Waals surface area contributed by atoms with Gasteiger partial charge >= 0.3 is 0 Å². The molecule has 0 amide bonds. The highest BCUT2D eigenvalue weighted by atomic mass is 28.3. The van der Waals surface area contributed by atoms with Crippen LogP contribution in [0.3, 0.4) is 0 Å². The van der Waals surface area contributed by atoms with Crippen LogP contribution >= 0.6 is 0 Å². The van der Waals surface area contributed by atoms with Gasteiger partial charge in [-0.1, -0.05) is 147 Å². The number of benzene rings is 3. The SMILES string of the molecule is C[Si](C)(C)c1ccc(/C=C/c2ccc(/C=C/c3ccc([Si](C)(C)C)cc3)cc2)cc1. The van der Waals surface area contributed by atoms with Crippen LogP contribution in [-0.2, 0) is 0 Å². The van der Waals surface area contributed by atoms with E-state index in [0.29, 0.717) is 0 Å². The van der Waals surface area contributed by atoms with E-state index < -0.39 is 16.1 Å². The molecule has 0 heterocycles. The predicted octanol–water partition coefficient (Wildman–Crippen LogP) is 7.12. The molecular weight excluding hydrogens is 392 g/mol. The molecule has 0 saturated heterocycles. The molecule has 0 radical (unpaired) electrons. The molecule has 0 aromatic heterocycles. The van der Waals surface area contributed by atoms with Crippen LogP contribution < -0.4 is 10.4 Å². The van der Waals surface area contributed by atoms with E-state index in [1.165, 1.54) is 32.6 Å². The van der Waals surface area contributed by atoms with Gasteiger partial charge in [-0.25, -0.2) is 0 Å². The highest BCUT2D eigenvalue weighted by Gasteiger charge is 2.15. The summed E-state index contributed by atoms with van der Waals surface area (Å²) in [5, 5.41) is 3.01. The third kappa shape index (κ3) is 6.28. The predicted molar refractivity (Wildman–Crippen MR) is 143 cm³/mol. The minimum atomic E-state index is -1.22. The highest BCUT2D eigenvalue weighted by Crippen LogP contribution is 2.13. The first-order chi connectivity index (χ1) is 14.1. The van der Waals surface area contributed by atoms with Gasteiger partial charge in [0.2, 0.25) is 0 Å². The molecule has 3 aromatic rings. The van der Waals surface area contributed by atoms with E-state index in [1.807, 2.05) is 0 Å². The molecule has 154 valence electrons. The molecule has 0 spiro atoms. The third-order valence-corrected chi connectivity index (χ3v) is 9.56. The van der Waals surface area contributed by atoms with Gasteiger partial charge < -0.3 is 0 Å². The minimum absolute atomic E-state index is 1.22. The summed E-state index contributed by atoms with van der Waals surface area (Å²) in [4.78, 5) is 0. The lowest BCUT2D eigenvalue weighted by molar-refractivity contribution is 1.61. The Labute approximate surface area is 185 Å². The summed E-state index contributed by atoms with van der Waals surface area (Å²) in [5.74, 6) is 0. The van der Waals surface area contributed by atoms with Gasteiger partial charge in [-0.3, -0.25) is 0 Å². The van der Waals surface area contributed by atoms with Crippen molar-refractivity contribution in [3.05, 3.63) is 95.1 Å². The molecule has 0 aliphatic rings. The Morgan fingerprint density at radius 2 is 0.567 bits per heavy atom. The Morgan fingerprint density at radius 1 is 0.367 bits per heavy atom. The van der Waals surface area contributed by atoms with Crippen LogP contribution in [-0.4, -0.2) is 16.1 Å². The highest BCUT2D eigenvalue weighted by molar-refractivity contribution is 6.89. The van der Waals surface area contributed by atoms with Crippen molar-refractivity contribution in [2.75, 3.05) is 0 Å². The zero-order valence-corrected chi connectivity index (χ0v) is 21.2. The molecule has 0 saturated carbocycles. The van der Waals surface area contributed by atoms with Crippen molar-refractivity contribution in [2.24, 2.45) is 0 Å². The summed E-state index contributed by atoms with van der Waals surface area (Å²) in [7, 11) is -2.44. The van der Waals surface area contributed by atoms with Gasteiger partial charge in [0.15, 0.2) is 0 Å². The second-order valence-electron chi connectivity index (χ2n) is 10.1. The average Bonchev–Trinajstić information content (AvgIpc) is 2.71. The van der Waals surface area contributed by atoms with E-state index in [9.17, 15) is 0 Å². The summed E-state index contributed by atoms with van der Waals surface area (Å²) >= 11 is 0. The smallest absolute Gasteiger partial charge is 0.0656 e. The van der Waals surface area contributed by atoms with Gasteiger partial charge in [0.05, 0.1) is 16.1 Å². The largest absolute Gasteiger partial charge is 0.0775 e. The zero-order chi connectivity index (χ0) is 21.8. The molecule has 30 heavy (non-hydrogen) atoms. The van der Waals surface area contributed by atoms with E-state index in [2.05, 4.69) is 136 Å². The topological polar surface area (TPSA) is 0 Å². The normalized spacial score (nSPS) is 12.7. The van der Waals surface area contributed by atoms with E-state index in [-0.39, 0.29) is 0 Å². The van der Waals surface area contributed by atoms with Crippen LogP contribution in [0.1, 0.15) is 22.3 Å². The number of rotatable bonds is 6. The maximum absolute atomic E-state index is 2.39. The average molecular weight is 427 g/mol.